The highest BCUT2D eigenvalue weighted by molar-refractivity contribution is 6.24. The number of allylic oxidation sites excluding steroid dienone is 4. The Bertz CT molecular complexity index is 4040. The molecule has 2 nitrogen and oxygen atoms in total. The van der Waals surface area contributed by atoms with Gasteiger partial charge in [0.15, 0.2) is 0 Å². The van der Waals surface area contributed by atoms with E-state index in [4.69, 9.17) is 0 Å². The number of anilines is 6. The number of rotatable bonds is 6. The van der Waals surface area contributed by atoms with E-state index in [0.717, 1.165) is 47.3 Å². The standard InChI is InChI=1S/C92H100N2/c1-49-17-51-5-3-7-61(23-51)75-13-9-71(41-79(49)75)93(73-11-15-77-63-25-53-19-54(26-63)30-65(29-53)81(77)43-73)91-87-45-83-67-33-57-21-58(34-67)38-69(37-57)85(83)47-89(87)92(90-48-86-70-39-59-22-60(40-70)36-68(35-59)84(86)46-88(90)91)94(72-10-14-76-62-8-4-6-52(24-62)18-50(2)80(76)42-72)74-12-16-78-64-27-55-20-56(28-64)32-66(31-55)82(78)44-74/h9-18,41-50,53-70H,3-8,19-40H2,1-2H3. The van der Waals surface area contributed by atoms with E-state index in [1.807, 2.05) is 0 Å². The van der Waals surface area contributed by atoms with Crippen LogP contribution in [0.1, 0.15) is 331 Å². The third-order valence-corrected chi connectivity index (χ3v) is 31.2. The van der Waals surface area contributed by atoms with Crippen molar-refractivity contribution < 1.29 is 0 Å². The van der Waals surface area contributed by atoms with Gasteiger partial charge in [-0.05, 0) is 438 Å². The number of benzene rings is 7. The largest absolute Gasteiger partial charge is 0.309 e. The zero-order chi connectivity index (χ0) is 61.1. The number of fused-ring (bicyclic) bond motifs is 10. The van der Waals surface area contributed by atoms with Crippen LogP contribution in [0, 0.1) is 47.3 Å². The second-order valence-electron chi connectivity index (χ2n) is 36.7. The molecule has 0 heterocycles. The Labute approximate surface area is 561 Å². The lowest BCUT2D eigenvalue weighted by Crippen LogP contribution is -2.25. The van der Waals surface area contributed by atoms with E-state index in [1.54, 1.807) is 77.9 Å². The Kier molecular flexibility index (Phi) is 12.0. The van der Waals surface area contributed by atoms with Gasteiger partial charge in [0, 0.05) is 44.3 Å². The molecule has 0 aliphatic heterocycles. The van der Waals surface area contributed by atoms with E-state index in [9.17, 15) is 0 Å². The summed E-state index contributed by atoms with van der Waals surface area (Å²) in [5.74, 6) is 14.3. The summed E-state index contributed by atoms with van der Waals surface area (Å²) in [5, 5.41) is 6.09. The van der Waals surface area contributed by atoms with Crippen LogP contribution >= 0.6 is 0 Å². The highest BCUT2D eigenvalue weighted by Gasteiger charge is 2.48. The highest BCUT2D eigenvalue weighted by atomic mass is 15.2. The predicted molar refractivity (Wildman–Crippen MR) is 388 cm³/mol. The Balaban J connectivity index is 0.855. The molecule has 0 spiro atoms. The summed E-state index contributed by atoms with van der Waals surface area (Å²) in [7, 11) is 0. The molecule has 10 fully saturated rings. The molecule has 20 bridgehead atoms. The van der Waals surface area contributed by atoms with Gasteiger partial charge in [-0.15, -0.1) is 0 Å². The van der Waals surface area contributed by atoms with Gasteiger partial charge in [0.05, 0.1) is 11.4 Å². The van der Waals surface area contributed by atoms with E-state index in [0.29, 0.717) is 71.0 Å². The van der Waals surface area contributed by atoms with Gasteiger partial charge in [0.25, 0.3) is 0 Å². The quantitative estimate of drug-likeness (QED) is 0.0930. The minimum absolute atomic E-state index is 0.394. The van der Waals surface area contributed by atoms with Crippen molar-refractivity contribution in [2.45, 2.75) is 265 Å². The molecule has 10 saturated carbocycles. The maximum absolute atomic E-state index is 2.99. The fraction of sp³-hybridized carbons (Fsp3) is 0.543. The lowest BCUT2D eigenvalue weighted by molar-refractivity contribution is 0.165. The summed E-state index contributed by atoms with van der Waals surface area (Å²) in [4.78, 5) is 5.99. The predicted octanol–water partition coefficient (Wildman–Crippen LogP) is 25.9. The zero-order valence-corrected chi connectivity index (χ0v) is 56.6. The van der Waals surface area contributed by atoms with Crippen LogP contribution in [0.4, 0.5) is 34.1 Å². The summed E-state index contributed by atoms with van der Waals surface area (Å²) < 4.78 is 0. The lowest BCUT2D eigenvalue weighted by atomic mass is 9.67. The SMILES string of the molecule is CC1C=C2CCCC(C2)c2ccc(N(c3ccc4c(c3)C3CC5CC(CC4C5)C3)c3c4cc5c(cc4c(N(c4ccc6c(c4)C(C)C=C4CCCC6C4)c4ccc6c(c4)C4CC7CC(CC6C7)C4)c4cc6c(cc34)C3CC4CC(C3)CC6C4)C3CC4CC(CC5C4)C3)cc21. The van der Waals surface area contributed by atoms with E-state index in [1.165, 1.54) is 235 Å². The Morgan fingerprint density at radius 1 is 0.255 bits per heavy atom. The summed E-state index contributed by atoms with van der Waals surface area (Å²) in [6.07, 6.45) is 44.0. The maximum atomic E-state index is 2.99. The van der Waals surface area contributed by atoms with Crippen molar-refractivity contribution in [1.29, 1.82) is 0 Å². The number of hydrogen-bond acceptors (Lipinski definition) is 2. The van der Waals surface area contributed by atoms with Crippen molar-refractivity contribution in [3.05, 3.63) is 187 Å². The van der Waals surface area contributed by atoms with Gasteiger partial charge in [-0.1, -0.05) is 61.4 Å². The van der Waals surface area contributed by atoms with Gasteiger partial charge in [0.1, 0.15) is 0 Å². The molecule has 0 aromatic heterocycles. The van der Waals surface area contributed by atoms with Crippen molar-refractivity contribution in [2.75, 3.05) is 9.80 Å². The molecule has 0 N–H and O–H groups in total. The molecular formula is C92H100N2. The highest BCUT2D eigenvalue weighted by Crippen LogP contribution is 2.65. The average molecular weight is 1230 g/mol. The number of nitrogens with zero attached hydrogens (tertiary/aromatic N) is 2. The van der Waals surface area contributed by atoms with Gasteiger partial charge >= 0.3 is 0 Å². The van der Waals surface area contributed by atoms with Crippen molar-refractivity contribution in [2.24, 2.45) is 47.3 Å². The van der Waals surface area contributed by atoms with Crippen molar-refractivity contribution in [1.82, 2.24) is 0 Å². The van der Waals surface area contributed by atoms with E-state index in [2.05, 4.69) is 133 Å². The second-order valence-corrected chi connectivity index (χ2v) is 36.7. The van der Waals surface area contributed by atoms with Crippen LogP contribution in [-0.4, -0.2) is 0 Å². The van der Waals surface area contributed by atoms with Crippen molar-refractivity contribution >= 4 is 55.7 Å². The third-order valence-electron chi connectivity index (χ3n) is 31.2. The number of hydrogen-bond donors (Lipinski definition) is 0. The molecular weight excluding hydrogens is 1130 g/mol. The zero-order valence-electron chi connectivity index (χ0n) is 56.6. The topological polar surface area (TPSA) is 6.48 Å². The Morgan fingerprint density at radius 3 is 0.787 bits per heavy atom. The Hall–Kier alpha value is -5.86. The van der Waals surface area contributed by atoms with Crippen LogP contribution in [0.2, 0.25) is 0 Å². The van der Waals surface area contributed by atoms with Crippen LogP contribution < -0.4 is 9.80 Å². The molecule has 478 valence electrons. The maximum Gasteiger partial charge on any atom is 0.0620 e. The average Bonchev–Trinajstić information content (AvgIpc) is 1.04. The molecule has 7 aromatic rings. The third kappa shape index (κ3) is 8.31. The molecule has 0 saturated heterocycles. The summed E-state index contributed by atoms with van der Waals surface area (Å²) in [6, 6.07) is 44.8. The van der Waals surface area contributed by atoms with E-state index >= 15 is 0 Å². The first-order valence-electron chi connectivity index (χ1n) is 39.8. The van der Waals surface area contributed by atoms with Gasteiger partial charge in [0.2, 0.25) is 0 Å². The van der Waals surface area contributed by atoms with E-state index in [-0.39, 0.29) is 0 Å². The summed E-state index contributed by atoms with van der Waals surface area (Å²) in [6.45, 7) is 5.12. The molecule has 8 atom stereocenters. The first kappa shape index (κ1) is 55.2. The first-order valence-corrected chi connectivity index (χ1v) is 39.8. The van der Waals surface area contributed by atoms with Crippen LogP contribution in [-0.2, 0) is 0 Å². The molecule has 20 aliphatic carbocycles. The van der Waals surface area contributed by atoms with Gasteiger partial charge in [-0.25, -0.2) is 0 Å². The molecule has 0 radical (unpaired) electrons. The monoisotopic (exact) mass is 1230 g/mol. The molecule has 27 rings (SSSR count). The summed E-state index contributed by atoms with van der Waals surface area (Å²) in [5.41, 5.74) is 32.4. The van der Waals surface area contributed by atoms with Gasteiger partial charge in [-0.2, -0.15) is 0 Å². The smallest absolute Gasteiger partial charge is 0.0620 e. The Morgan fingerprint density at radius 2 is 0.500 bits per heavy atom. The van der Waals surface area contributed by atoms with Crippen LogP contribution in [0.5, 0.6) is 0 Å². The second kappa shape index (κ2) is 20.4. The van der Waals surface area contributed by atoms with Crippen LogP contribution in [0.15, 0.2) is 120 Å². The lowest BCUT2D eigenvalue weighted by Gasteiger charge is -2.38. The van der Waals surface area contributed by atoms with Crippen LogP contribution in [0.3, 0.4) is 0 Å². The molecule has 0 amide bonds. The van der Waals surface area contributed by atoms with Crippen molar-refractivity contribution in [3.63, 3.8) is 0 Å². The van der Waals surface area contributed by atoms with E-state index < -0.39 is 0 Å². The fourth-order valence-electron chi connectivity index (χ4n) is 28.2. The van der Waals surface area contributed by atoms with Gasteiger partial charge < -0.3 is 9.80 Å². The molecule has 7 aromatic carbocycles. The molecule has 8 unspecified atom stereocenters. The fourth-order valence-corrected chi connectivity index (χ4v) is 28.2. The van der Waals surface area contributed by atoms with Gasteiger partial charge in [-0.3, -0.25) is 0 Å². The summed E-state index contributed by atoms with van der Waals surface area (Å²) >= 11 is 0. The molecule has 2 heteroatoms. The molecule has 94 heavy (non-hydrogen) atoms. The minimum Gasteiger partial charge on any atom is -0.309 e. The first-order chi connectivity index (χ1) is 46.2. The molecule has 20 aliphatic rings. The normalized spacial score (nSPS) is 37.3. The van der Waals surface area contributed by atoms with Crippen LogP contribution in [0.25, 0.3) is 21.5 Å². The van der Waals surface area contributed by atoms with Crippen molar-refractivity contribution in [3.8, 4) is 0 Å². The minimum atomic E-state index is 0.394.